The Kier molecular flexibility index (Phi) is 5.30. The molecule has 0 spiro atoms. The zero-order valence-corrected chi connectivity index (χ0v) is 15.1. The first kappa shape index (κ1) is 17.0. The number of ether oxygens (including phenoxy) is 1. The van der Waals surface area contributed by atoms with Crippen LogP contribution in [0.2, 0.25) is 0 Å². The van der Waals surface area contributed by atoms with Crippen LogP contribution in [0.15, 0.2) is 71.3 Å². The molecule has 6 heteroatoms. The Morgan fingerprint density at radius 1 is 1.08 bits per heavy atom. The number of anilines is 3. The van der Waals surface area contributed by atoms with Gasteiger partial charge < -0.3 is 15.4 Å². The number of methoxy groups -OCH3 is 1. The minimum Gasteiger partial charge on any atom is -0.495 e. The van der Waals surface area contributed by atoms with E-state index in [1.54, 1.807) is 37.6 Å². The van der Waals surface area contributed by atoms with Crippen LogP contribution < -0.4 is 15.4 Å². The molecule has 25 heavy (non-hydrogen) atoms. The maximum atomic E-state index is 12.7. The molecular weight excluding hydrogens is 382 g/mol. The van der Waals surface area contributed by atoms with Crippen molar-refractivity contribution >= 4 is 39.0 Å². The van der Waals surface area contributed by atoms with Crippen LogP contribution in [0.4, 0.5) is 17.2 Å². The summed E-state index contributed by atoms with van der Waals surface area (Å²) in [6, 6.07) is 18.4. The highest BCUT2D eigenvalue weighted by atomic mass is 79.9. The van der Waals surface area contributed by atoms with Crippen LogP contribution in [0.3, 0.4) is 0 Å². The first-order valence-electron chi connectivity index (χ1n) is 7.59. The second-order valence-corrected chi connectivity index (χ2v) is 6.10. The summed E-state index contributed by atoms with van der Waals surface area (Å²) in [7, 11) is 1.56. The fraction of sp³-hybridized carbons (Fsp3) is 0.0526. The lowest BCUT2D eigenvalue weighted by molar-refractivity contribution is 0.102. The van der Waals surface area contributed by atoms with E-state index in [1.165, 1.54) is 0 Å². The van der Waals surface area contributed by atoms with Crippen molar-refractivity contribution in [3.05, 3.63) is 76.9 Å². The SMILES string of the molecule is COc1ccccc1NC(=O)c1cccnc1Nc1cccc(Br)c1. The summed E-state index contributed by atoms with van der Waals surface area (Å²) in [6.45, 7) is 0. The quantitative estimate of drug-likeness (QED) is 0.645. The van der Waals surface area contributed by atoms with Crippen LogP contribution >= 0.6 is 15.9 Å². The van der Waals surface area contributed by atoms with E-state index in [-0.39, 0.29) is 5.91 Å². The predicted molar refractivity (Wildman–Crippen MR) is 103 cm³/mol. The molecule has 2 aromatic carbocycles. The number of carbonyl (C=O) groups is 1. The van der Waals surface area contributed by atoms with Gasteiger partial charge in [-0.2, -0.15) is 0 Å². The summed E-state index contributed by atoms with van der Waals surface area (Å²) >= 11 is 3.43. The summed E-state index contributed by atoms with van der Waals surface area (Å²) in [5.41, 5.74) is 1.88. The lowest BCUT2D eigenvalue weighted by Gasteiger charge is -2.13. The highest BCUT2D eigenvalue weighted by molar-refractivity contribution is 9.10. The molecule has 0 aliphatic heterocycles. The van der Waals surface area contributed by atoms with Gasteiger partial charge in [-0.1, -0.05) is 34.1 Å². The van der Waals surface area contributed by atoms with E-state index in [0.717, 1.165) is 10.2 Å². The average molecular weight is 398 g/mol. The number of nitrogens with zero attached hydrogens (tertiary/aromatic N) is 1. The number of carbonyl (C=O) groups excluding carboxylic acids is 1. The smallest absolute Gasteiger partial charge is 0.259 e. The van der Waals surface area contributed by atoms with Gasteiger partial charge in [0, 0.05) is 16.4 Å². The molecule has 3 aromatic rings. The van der Waals surface area contributed by atoms with Crippen LogP contribution in [0, 0.1) is 0 Å². The molecule has 1 heterocycles. The van der Waals surface area contributed by atoms with Gasteiger partial charge >= 0.3 is 0 Å². The Balaban J connectivity index is 1.86. The Morgan fingerprint density at radius 3 is 2.72 bits per heavy atom. The molecule has 3 rings (SSSR count). The van der Waals surface area contributed by atoms with Crippen molar-refractivity contribution in [2.24, 2.45) is 0 Å². The summed E-state index contributed by atoms with van der Waals surface area (Å²) in [4.78, 5) is 17.0. The number of amides is 1. The van der Waals surface area contributed by atoms with Crippen molar-refractivity contribution in [1.29, 1.82) is 0 Å². The molecule has 1 aromatic heterocycles. The average Bonchev–Trinajstić information content (AvgIpc) is 2.62. The Hall–Kier alpha value is -2.86. The van der Waals surface area contributed by atoms with Crippen molar-refractivity contribution in [2.75, 3.05) is 17.7 Å². The van der Waals surface area contributed by atoms with Crippen LogP contribution in [-0.2, 0) is 0 Å². The van der Waals surface area contributed by atoms with Crippen molar-refractivity contribution < 1.29 is 9.53 Å². The topological polar surface area (TPSA) is 63.2 Å². The maximum absolute atomic E-state index is 12.7. The van der Waals surface area contributed by atoms with E-state index in [0.29, 0.717) is 22.8 Å². The van der Waals surface area contributed by atoms with Gasteiger partial charge in [0.15, 0.2) is 0 Å². The second-order valence-electron chi connectivity index (χ2n) is 5.19. The van der Waals surface area contributed by atoms with E-state index in [2.05, 4.69) is 31.5 Å². The first-order chi connectivity index (χ1) is 12.2. The number of hydrogen-bond donors (Lipinski definition) is 2. The summed E-state index contributed by atoms with van der Waals surface area (Å²) in [5, 5.41) is 6.04. The number of halogens is 1. The summed E-state index contributed by atoms with van der Waals surface area (Å²) < 4.78 is 6.21. The number of pyridine rings is 1. The molecule has 126 valence electrons. The molecule has 0 aliphatic carbocycles. The van der Waals surface area contributed by atoms with Gasteiger partial charge in [0.1, 0.15) is 11.6 Å². The minimum atomic E-state index is -0.268. The lowest BCUT2D eigenvalue weighted by atomic mass is 10.2. The largest absolute Gasteiger partial charge is 0.495 e. The number of rotatable bonds is 5. The van der Waals surface area contributed by atoms with Crippen molar-refractivity contribution in [3.8, 4) is 5.75 Å². The van der Waals surface area contributed by atoms with Gasteiger partial charge in [-0.25, -0.2) is 4.98 Å². The molecule has 0 aliphatic rings. The Labute approximate surface area is 154 Å². The maximum Gasteiger partial charge on any atom is 0.259 e. The molecule has 0 fully saturated rings. The normalized spacial score (nSPS) is 10.2. The van der Waals surface area contributed by atoms with Gasteiger partial charge in [0.2, 0.25) is 0 Å². The van der Waals surface area contributed by atoms with E-state index < -0.39 is 0 Å². The zero-order chi connectivity index (χ0) is 17.6. The molecule has 0 atom stereocenters. The first-order valence-corrected chi connectivity index (χ1v) is 8.38. The van der Waals surface area contributed by atoms with Gasteiger partial charge in [0.05, 0.1) is 18.4 Å². The van der Waals surface area contributed by atoms with E-state index in [4.69, 9.17) is 4.74 Å². The molecule has 0 unspecified atom stereocenters. The van der Waals surface area contributed by atoms with Gasteiger partial charge in [-0.05, 0) is 42.5 Å². The molecule has 0 saturated heterocycles. The molecule has 0 radical (unpaired) electrons. The Bertz CT molecular complexity index is 899. The highest BCUT2D eigenvalue weighted by Gasteiger charge is 2.14. The monoisotopic (exact) mass is 397 g/mol. The number of nitrogens with one attached hydrogen (secondary N) is 2. The van der Waals surface area contributed by atoms with Gasteiger partial charge in [0.25, 0.3) is 5.91 Å². The van der Waals surface area contributed by atoms with Crippen molar-refractivity contribution in [3.63, 3.8) is 0 Å². The summed E-state index contributed by atoms with van der Waals surface area (Å²) in [5.74, 6) is 0.810. The van der Waals surface area contributed by atoms with Crippen LogP contribution in [-0.4, -0.2) is 18.0 Å². The van der Waals surface area contributed by atoms with Crippen molar-refractivity contribution in [2.45, 2.75) is 0 Å². The highest BCUT2D eigenvalue weighted by Crippen LogP contribution is 2.26. The third-order valence-electron chi connectivity index (χ3n) is 3.49. The number of aromatic nitrogens is 1. The number of para-hydroxylation sites is 2. The van der Waals surface area contributed by atoms with E-state index >= 15 is 0 Å². The Morgan fingerprint density at radius 2 is 1.92 bits per heavy atom. The van der Waals surface area contributed by atoms with Crippen LogP contribution in [0.25, 0.3) is 0 Å². The van der Waals surface area contributed by atoms with Gasteiger partial charge in [-0.3, -0.25) is 4.79 Å². The van der Waals surface area contributed by atoms with E-state index in [9.17, 15) is 4.79 Å². The fourth-order valence-corrected chi connectivity index (χ4v) is 2.73. The molecule has 1 amide bonds. The molecule has 0 bridgehead atoms. The second kappa shape index (κ2) is 7.81. The lowest BCUT2D eigenvalue weighted by Crippen LogP contribution is -2.15. The molecule has 5 nitrogen and oxygen atoms in total. The third kappa shape index (κ3) is 4.16. The predicted octanol–water partition coefficient (Wildman–Crippen LogP) is 4.85. The van der Waals surface area contributed by atoms with E-state index in [1.807, 2.05) is 36.4 Å². The van der Waals surface area contributed by atoms with Crippen LogP contribution in [0.1, 0.15) is 10.4 Å². The third-order valence-corrected chi connectivity index (χ3v) is 3.99. The molecule has 2 N–H and O–H groups in total. The number of hydrogen-bond acceptors (Lipinski definition) is 4. The molecular formula is C19H16BrN3O2. The standard InChI is InChI=1S/C19H16BrN3O2/c1-25-17-10-3-2-9-16(17)23-19(24)15-8-5-11-21-18(15)22-14-7-4-6-13(20)12-14/h2-12H,1H3,(H,21,22)(H,23,24). The van der Waals surface area contributed by atoms with Crippen molar-refractivity contribution in [1.82, 2.24) is 4.98 Å². The van der Waals surface area contributed by atoms with Gasteiger partial charge in [-0.15, -0.1) is 0 Å². The summed E-state index contributed by atoms with van der Waals surface area (Å²) in [6.07, 6.45) is 1.64. The van der Waals surface area contributed by atoms with Crippen LogP contribution in [0.5, 0.6) is 5.75 Å². The zero-order valence-electron chi connectivity index (χ0n) is 13.5. The molecule has 0 saturated carbocycles. The fourth-order valence-electron chi connectivity index (χ4n) is 2.33. The number of benzene rings is 2. The minimum absolute atomic E-state index is 0.268.